The molecule has 1 N–H and O–H groups in total. The van der Waals surface area contributed by atoms with Crippen molar-refractivity contribution in [2.24, 2.45) is 0 Å². The van der Waals surface area contributed by atoms with E-state index in [1.807, 2.05) is 0 Å². The second-order valence-corrected chi connectivity index (χ2v) is 4.24. The smallest absolute Gasteiger partial charge is 0.333 e. The lowest BCUT2D eigenvalue weighted by Crippen LogP contribution is -2.32. The first kappa shape index (κ1) is 14.1. The molecule has 2 rings (SSSR count). The second kappa shape index (κ2) is 6.24. The molecule has 0 atom stereocenters. The summed E-state index contributed by atoms with van der Waals surface area (Å²) >= 11 is 0. The standard InChI is InChI=1S/C11H14N4O5/c16-6-5-14-7-8(12-13-14)1-4-11(19)20-15-9(17)2-3-10(15)18/h7,16H,1-6H2. The third kappa shape index (κ3) is 3.38. The third-order valence-electron chi connectivity index (χ3n) is 2.70. The van der Waals surface area contributed by atoms with Gasteiger partial charge in [-0.05, 0) is 0 Å². The summed E-state index contributed by atoms with van der Waals surface area (Å²) in [5.41, 5.74) is 0.564. The molecule has 0 aromatic carbocycles. The molecule has 1 aliphatic heterocycles. The van der Waals surface area contributed by atoms with Crippen molar-refractivity contribution in [2.75, 3.05) is 6.61 Å². The highest BCUT2D eigenvalue weighted by Gasteiger charge is 2.32. The topological polar surface area (TPSA) is 115 Å². The summed E-state index contributed by atoms with van der Waals surface area (Å²) < 4.78 is 1.45. The van der Waals surface area contributed by atoms with Crippen molar-refractivity contribution in [2.45, 2.75) is 32.2 Å². The van der Waals surface area contributed by atoms with E-state index in [0.29, 0.717) is 17.3 Å². The van der Waals surface area contributed by atoms with Gasteiger partial charge in [0.05, 0.1) is 25.3 Å². The van der Waals surface area contributed by atoms with Gasteiger partial charge in [-0.3, -0.25) is 9.59 Å². The molecule has 2 amide bonds. The predicted molar refractivity (Wildman–Crippen MR) is 62.6 cm³/mol. The third-order valence-corrected chi connectivity index (χ3v) is 2.70. The SMILES string of the molecule is O=C(CCc1cn(CCO)nn1)ON1C(=O)CCC1=O. The molecule has 0 saturated carbocycles. The lowest BCUT2D eigenvalue weighted by atomic mass is 10.2. The normalized spacial score (nSPS) is 14.9. The molecule has 1 fully saturated rings. The van der Waals surface area contributed by atoms with Crippen molar-refractivity contribution in [3.05, 3.63) is 11.9 Å². The van der Waals surface area contributed by atoms with Gasteiger partial charge in [0.1, 0.15) is 0 Å². The zero-order valence-corrected chi connectivity index (χ0v) is 10.7. The van der Waals surface area contributed by atoms with E-state index < -0.39 is 17.8 Å². The van der Waals surface area contributed by atoms with Crippen molar-refractivity contribution in [3.8, 4) is 0 Å². The van der Waals surface area contributed by atoms with E-state index in [4.69, 9.17) is 9.94 Å². The number of carbonyl (C=O) groups is 3. The largest absolute Gasteiger partial charge is 0.394 e. The van der Waals surface area contributed by atoms with Gasteiger partial charge < -0.3 is 9.94 Å². The summed E-state index contributed by atoms with van der Waals surface area (Å²) in [6, 6.07) is 0. The van der Waals surface area contributed by atoms with Crippen LogP contribution in [-0.2, 0) is 32.2 Å². The van der Waals surface area contributed by atoms with Gasteiger partial charge in [0.25, 0.3) is 11.8 Å². The number of carbonyl (C=O) groups excluding carboxylic acids is 3. The Morgan fingerprint density at radius 3 is 2.70 bits per heavy atom. The molecule has 2 heterocycles. The van der Waals surface area contributed by atoms with Crippen LogP contribution in [0.4, 0.5) is 0 Å². The molecule has 9 nitrogen and oxygen atoms in total. The fourth-order valence-electron chi connectivity index (χ4n) is 1.70. The quantitative estimate of drug-likeness (QED) is 0.652. The number of aromatic nitrogens is 3. The molecule has 20 heavy (non-hydrogen) atoms. The maximum absolute atomic E-state index is 11.5. The van der Waals surface area contributed by atoms with Crippen LogP contribution in [0.25, 0.3) is 0 Å². The highest BCUT2D eigenvalue weighted by Crippen LogP contribution is 2.13. The van der Waals surface area contributed by atoms with Crippen LogP contribution in [0.15, 0.2) is 6.20 Å². The van der Waals surface area contributed by atoms with Gasteiger partial charge in [-0.2, -0.15) is 0 Å². The molecule has 1 aromatic rings. The Bertz CT molecular complexity index is 511. The van der Waals surface area contributed by atoms with Gasteiger partial charge in [0.15, 0.2) is 0 Å². The Hall–Kier alpha value is -2.29. The number of aryl methyl sites for hydroxylation is 1. The molecule has 108 valence electrons. The van der Waals surface area contributed by atoms with Crippen LogP contribution in [0.2, 0.25) is 0 Å². The summed E-state index contributed by atoms with van der Waals surface area (Å²) in [6.45, 7) is 0.276. The fraction of sp³-hybridized carbons (Fsp3) is 0.545. The van der Waals surface area contributed by atoms with E-state index in [1.165, 1.54) is 4.68 Å². The number of hydrogen-bond donors (Lipinski definition) is 1. The Morgan fingerprint density at radius 2 is 2.05 bits per heavy atom. The molecule has 1 aliphatic rings. The molecule has 0 bridgehead atoms. The highest BCUT2D eigenvalue weighted by atomic mass is 16.7. The number of nitrogens with zero attached hydrogens (tertiary/aromatic N) is 4. The van der Waals surface area contributed by atoms with E-state index >= 15 is 0 Å². The Balaban J connectivity index is 1.79. The van der Waals surface area contributed by atoms with Gasteiger partial charge in [-0.25, -0.2) is 9.48 Å². The van der Waals surface area contributed by atoms with Crippen LogP contribution in [0.1, 0.15) is 25.0 Å². The zero-order valence-electron chi connectivity index (χ0n) is 10.7. The first-order valence-electron chi connectivity index (χ1n) is 6.16. The Morgan fingerprint density at radius 1 is 1.35 bits per heavy atom. The molecule has 1 aromatic heterocycles. The maximum atomic E-state index is 11.5. The van der Waals surface area contributed by atoms with Crippen molar-refractivity contribution >= 4 is 17.8 Å². The predicted octanol–water partition coefficient (Wildman–Crippen LogP) is -1.19. The molecule has 1 saturated heterocycles. The zero-order chi connectivity index (χ0) is 14.5. The van der Waals surface area contributed by atoms with E-state index in [0.717, 1.165) is 0 Å². The summed E-state index contributed by atoms with van der Waals surface area (Å²) in [4.78, 5) is 38.7. The summed E-state index contributed by atoms with van der Waals surface area (Å²) in [5.74, 6) is -1.68. The summed E-state index contributed by atoms with van der Waals surface area (Å²) in [5, 5.41) is 16.8. The minimum Gasteiger partial charge on any atom is -0.394 e. The summed E-state index contributed by atoms with van der Waals surface area (Å²) in [6.07, 6.45) is 2.01. The van der Waals surface area contributed by atoms with Gasteiger partial charge >= 0.3 is 5.97 Å². The monoisotopic (exact) mass is 282 g/mol. The Labute approximate surface area is 114 Å². The average Bonchev–Trinajstić information content (AvgIpc) is 2.99. The number of aliphatic hydroxyl groups is 1. The minimum absolute atomic E-state index is 0.0190. The van der Waals surface area contributed by atoms with Crippen molar-refractivity contribution in [1.29, 1.82) is 0 Å². The minimum atomic E-state index is -0.676. The average molecular weight is 282 g/mol. The molecular weight excluding hydrogens is 268 g/mol. The number of hydroxylamine groups is 2. The first-order chi connectivity index (χ1) is 9.60. The molecule has 0 radical (unpaired) electrons. The van der Waals surface area contributed by atoms with Gasteiger partial charge in [-0.1, -0.05) is 5.21 Å². The number of rotatable bonds is 6. The molecule has 0 spiro atoms. The van der Waals surface area contributed by atoms with Crippen LogP contribution >= 0.6 is 0 Å². The second-order valence-electron chi connectivity index (χ2n) is 4.24. The lowest BCUT2D eigenvalue weighted by molar-refractivity contribution is -0.197. The maximum Gasteiger partial charge on any atom is 0.333 e. The molecular formula is C11H14N4O5. The molecule has 9 heteroatoms. The number of amides is 2. The number of imide groups is 1. The van der Waals surface area contributed by atoms with Gasteiger partial charge in [0.2, 0.25) is 0 Å². The Kier molecular flexibility index (Phi) is 4.41. The highest BCUT2D eigenvalue weighted by molar-refractivity contribution is 6.01. The van der Waals surface area contributed by atoms with Crippen LogP contribution in [0, 0.1) is 0 Å². The van der Waals surface area contributed by atoms with E-state index in [9.17, 15) is 14.4 Å². The van der Waals surface area contributed by atoms with Crippen molar-refractivity contribution in [3.63, 3.8) is 0 Å². The van der Waals surface area contributed by atoms with Crippen LogP contribution in [-0.4, -0.2) is 49.6 Å². The van der Waals surface area contributed by atoms with Crippen molar-refractivity contribution < 1.29 is 24.3 Å². The fourth-order valence-corrected chi connectivity index (χ4v) is 1.70. The van der Waals surface area contributed by atoms with Crippen LogP contribution in [0.3, 0.4) is 0 Å². The molecule has 0 aliphatic carbocycles. The van der Waals surface area contributed by atoms with E-state index in [2.05, 4.69) is 10.3 Å². The van der Waals surface area contributed by atoms with Crippen molar-refractivity contribution in [1.82, 2.24) is 20.1 Å². The number of aliphatic hydroxyl groups excluding tert-OH is 1. The number of hydrogen-bond acceptors (Lipinski definition) is 7. The van der Waals surface area contributed by atoms with Crippen LogP contribution in [0.5, 0.6) is 0 Å². The van der Waals surface area contributed by atoms with E-state index in [1.54, 1.807) is 6.20 Å². The van der Waals surface area contributed by atoms with E-state index in [-0.39, 0.29) is 32.3 Å². The van der Waals surface area contributed by atoms with Crippen LogP contribution < -0.4 is 0 Å². The first-order valence-corrected chi connectivity index (χ1v) is 6.16. The molecule has 0 unspecified atom stereocenters. The lowest BCUT2D eigenvalue weighted by Gasteiger charge is -2.11. The van der Waals surface area contributed by atoms with Gasteiger partial charge in [-0.15, -0.1) is 10.2 Å². The summed E-state index contributed by atoms with van der Waals surface area (Å²) in [7, 11) is 0. The van der Waals surface area contributed by atoms with Gasteiger partial charge in [0, 0.05) is 25.5 Å².